The van der Waals surface area contributed by atoms with E-state index in [0.29, 0.717) is 12.2 Å². The zero-order chi connectivity index (χ0) is 28.8. The molecule has 208 valence electrons. The molecule has 8 nitrogen and oxygen atoms in total. The van der Waals surface area contributed by atoms with Gasteiger partial charge in [-0.15, -0.1) is 0 Å². The second-order valence-corrected chi connectivity index (χ2v) is 9.22. The first kappa shape index (κ1) is 27.3. The fourth-order valence-corrected chi connectivity index (χ4v) is 4.62. The first-order chi connectivity index (χ1) is 20.0. The van der Waals surface area contributed by atoms with Gasteiger partial charge in [-0.2, -0.15) is 0 Å². The third kappa shape index (κ3) is 6.01. The van der Waals surface area contributed by atoms with Gasteiger partial charge < -0.3 is 23.8 Å². The van der Waals surface area contributed by atoms with Crippen LogP contribution in [0.1, 0.15) is 11.1 Å². The summed E-state index contributed by atoms with van der Waals surface area (Å²) in [6.07, 6.45) is 1.36. The summed E-state index contributed by atoms with van der Waals surface area (Å²) >= 11 is 0. The van der Waals surface area contributed by atoms with Crippen LogP contribution in [0.15, 0.2) is 103 Å². The Bertz CT molecular complexity index is 1500. The molecule has 0 radical (unpaired) electrons. The van der Waals surface area contributed by atoms with Gasteiger partial charge in [0.25, 0.3) is 5.91 Å². The monoisotopic (exact) mass is 550 g/mol. The third-order valence-corrected chi connectivity index (χ3v) is 6.78. The molecule has 1 heterocycles. The number of anilines is 3. The zero-order valence-electron chi connectivity index (χ0n) is 23.1. The number of methoxy groups -OCH3 is 3. The summed E-state index contributed by atoms with van der Waals surface area (Å²) in [6, 6.07) is 30.7. The molecule has 0 N–H and O–H groups in total. The first-order valence-electron chi connectivity index (χ1n) is 13.1. The smallest absolute Gasteiger partial charge is 0.422 e. The minimum atomic E-state index is -0.682. The number of hydrogen-bond acceptors (Lipinski definition) is 7. The number of carbonyl (C=O) groups excluding carboxylic acids is 2. The topological polar surface area (TPSA) is 77.5 Å². The molecule has 41 heavy (non-hydrogen) atoms. The highest BCUT2D eigenvalue weighted by Crippen LogP contribution is 2.36. The summed E-state index contributed by atoms with van der Waals surface area (Å²) in [7, 11) is 4.86. The molecule has 2 amide bonds. The summed E-state index contributed by atoms with van der Waals surface area (Å²) in [5, 5.41) is 0. The predicted octanol–water partition coefficient (Wildman–Crippen LogP) is 6.74. The Hall–Kier alpha value is -5.24. The summed E-state index contributed by atoms with van der Waals surface area (Å²) in [5.41, 5.74) is 4.40. The van der Waals surface area contributed by atoms with E-state index in [0.717, 1.165) is 44.6 Å². The largest absolute Gasteiger partial charge is 0.497 e. The van der Waals surface area contributed by atoms with Crippen molar-refractivity contribution in [2.45, 2.75) is 6.42 Å². The highest BCUT2D eigenvalue weighted by molar-refractivity contribution is 6.09. The van der Waals surface area contributed by atoms with E-state index in [1.807, 2.05) is 97.1 Å². The molecule has 0 bridgehead atoms. The lowest BCUT2D eigenvalue weighted by atomic mass is 10.1. The second kappa shape index (κ2) is 12.3. The van der Waals surface area contributed by atoms with Crippen LogP contribution < -0.4 is 19.1 Å². The second-order valence-electron chi connectivity index (χ2n) is 9.22. The van der Waals surface area contributed by atoms with Gasteiger partial charge in [0.2, 0.25) is 0 Å². The summed E-state index contributed by atoms with van der Waals surface area (Å²) < 4.78 is 21.4. The van der Waals surface area contributed by atoms with Gasteiger partial charge in [-0.1, -0.05) is 30.3 Å². The molecule has 0 spiro atoms. The maximum atomic E-state index is 13.0. The fraction of sp³-hybridized carbons (Fsp3) is 0.152. The van der Waals surface area contributed by atoms with Crippen LogP contribution in [0.5, 0.6) is 17.2 Å². The number of nitrogens with zero attached hydrogens (tertiary/aromatic N) is 2. The normalized spacial score (nSPS) is 13.7. The lowest BCUT2D eigenvalue weighted by Gasteiger charge is -2.26. The van der Waals surface area contributed by atoms with E-state index < -0.39 is 12.0 Å². The van der Waals surface area contributed by atoms with Crippen LogP contribution in [-0.2, 0) is 16.0 Å². The summed E-state index contributed by atoms with van der Waals surface area (Å²) in [5.74, 6) is 1.76. The molecule has 5 rings (SSSR count). The Morgan fingerprint density at radius 1 is 0.707 bits per heavy atom. The van der Waals surface area contributed by atoms with Crippen molar-refractivity contribution in [3.05, 3.63) is 114 Å². The predicted molar refractivity (Wildman–Crippen MR) is 157 cm³/mol. The summed E-state index contributed by atoms with van der Waals surface area (Å²) in [4.78, 5) is 28.7. The van der Waals surface area contributed by atoms with E-state index >= 15 is 0 Å². The number of rotatable bonds is 10. The highest BCUT2D eigenvalue weighted by Gasteiger charge is 2.36. The third-order valence-electron chi connectivity index (χ3n) is 6.78. The van der Waals surface area contributed by atoms with E-state index in [-0.39, 0.29) is 12.3 Å². The van der Waals surface area contributed by atoms with Crippen molar-refractivity contribution in [3.8, 4) is 17.2 Å². The minimum absolute atomic E-state index is 0.00931. The van der Waals surface area contributed by atoms with Gasteiger partial charge in [0, 0.05) is 23.6 Å². The summed E-state index contributed by atoms with van der Waals surface area (Å²) in [6.45, 7) is 0.188. The number of ether oxygens (including phenoxy) is 4. The molecule has 8 heteroatoms. The SMILES string of the molecule is COc1ccc(N(c2ccc(/C=C3/OC(=O)N(CCc4ccccc4OC)C3=O)cc2)c2ccc(OC)cc2)cc1. The van der Waals surface area contributed by atoms with Crippen molar-refractivity contribution in [1.82, 2.24) is 4.90 Å². The highest BCUT2D eigenvalue weighted by atomic mass is 16.6. The minimum Gasteiger partial charge on any atom is -0.497 e. The molecule has 1 aliphatic heterocycles. The molecule has 1 saturated heterocycles. The Balaban J connectivity index is 1.36. The molecule has 4 aromatic rings. The van der Waals surface area contributed by atoms with Gasteiger partial charge in [0.05, 0.1) is 21.3 Å². The van der Waals surface area contributed by atoms with Crippen molar-refractivity contribution in [2.24, 2.45) is 0 Å². The van der Waals surface area contributed by atoms with Crippen LogP contribution in [0, 0.1) is 0 Å². The Morgan fingerprint density at radius 2 is 1.24 bits per heavy atom. The lowest BCUT2D eigenvalue weighted by molar-refractivity contribution is -0.123. The van der Waals surface area contributed by atoms with Crippen molar-refractivity contribution >= 4 is 35.1 Å². The number of imide groups is 1. The Morgan fingerprint density at radius 3 is 1.78 bits per heavy atom. The molecule has 1 fully saturated rings. The lowest BCUT2D eigenvalue weighted by Crippen LogP contribution is -2.30. The van der Waals surface area contributed by atoms with Gasteiger partial charge in [0.1, 0.15) is 17.2 Å². The van der Waals surface area contributed by atoms with Crippen molar-refractivity contribution < 1.29 is 28.5 Å². The average Bonchev–Trinajstić information content (AvgIpc) is 3.28. The Kier molecular flexibility index (Phi) is 8.20. The Labute approximate surface area is 238 Å². The molecule has 0 aromatic heterocycles. The molecular formula is C33H30N2O6. The molecule has 1 aliphatic rings. The van der Waals surface area contributed by atoms with E-state index in [1.54, 1.807) is 27.4 Å². The standard InChI is InChI=1S/C33H30N2O6/c1-38-28-16-12-26(13-17-28)35(27-14-18-29(39-2)19-15-27)25-10-8-23(9-11-25)22-31-32(36)34(33(37)41-31)21-20-24-6-4-5-7-30(24)40-3/h4-19,22H,20-21H2,1-3H3/b31-22+. The van der Waals surface area contributed by atoms with Gasteiger partial charge in [-0.3, -0.25) is 4.79 Å². The van der Waals surface area contributed by atoms with Crippen LogP contribution in [-0.4, -0.2) is 44.8 Å². The van der Waals surface area contributed by atoms with E-state index in [1.165, 1.54) is 0 Å². The average molecular weight is 551 g/mol. The van der Waals surface area contributed by atoms with E-state index in [9.17, 15) is 9.59 Å². The number of hydrogen-bond donors (Lipinski definition) is 0. The number of para-hydroxylation sites is 1. The van der Waals surface area contributed by atoms with Crippen LogP contribution >= 0.6 is 0 Å². The maximum absolute atomic E-state index is 13.0. The fourth-order valence-electron chi connectivity index (χ4n) is 4.62. The van der Waals surface area contributed by atoms with Crippen molar-refractivity contribution in [3.63, 3.8) is 0 Å². The van der Waals surface area contributed by atoms with Gasteiger partial charge in [-0.25, -0.2) is 9.69 Å². The number of benzene rings is 4. The van der Waals surface area contributed by atoms with Gasteiger partial charge in [-0.05, 0) is 90.4 Å². The molecular weight excluding hydrogens is 520 g/mol. The van der Waals surface area contributed by atoms with Crippen molar-refractivity contribution in [2.75, 3.05) is 32.8 Å². The van der Waals surface area contributed by atoms with E-state index in [4.69, 9.17) is 18.9 Å². The van der Waals surface area contributed by atoms with Crippen molar-refractivity contribution in [1.29, 1.82) is 0 Å². The molecule has 4 aromatic carbocycles. The van der Waals surface area contributed by atoms with Gasteiger partial charge in [0.15, 0.2) is 5.76 Å². The van der Waals surface area contributed by atoms with E-state index in [2.05, 4.69) is 4.90 Å². The van der Waals surface area contributed by atoms with Crippen LogP contribution in [0.3, 0.4) is 0 Å². The number of amides is 2. The molecule has 0 atom stereocenters. The number of carbonyl (C=O) groups is 2. The number of cyclic esters (lactones) is 1. The zero-order valence-corrected chi connectivity index (χ0v) is 23.1. The van der Waals surface area contributed by atoms with Gasteiger partial charge >= 0.3 is 6.09 Å². The quantitative estimate of drug-likeness (QED) is 0.202. The first-order valence-corrected chi connectivity index (χ1v) is 13.1. The maximum Gasteiger partial charge on any atom is 0.422 e. The van der Waals surface area contributed by atoms with Crippen LogP contribution in [0.4, 0.5) is 21.9 Å². The van der Waals surface area contributed by atoms with Crippen LogP contribution in [0.25, 0.3) is 6.08 Å². The van der Waals surface area contributed by atoms with Crippen LogP contribution in [0.2, 0.25) is 0 Å². The molecule has 0 aliphatic carbocycles. The molecule has 0 saturated carbocycles. The molecule has 0 unspecified atom stereocenters.